The molecule has 0 spiro atoms. The molecule has 1 atom stereocenters. The van der Waals surface area contributed by atoms with Crippen LogP contribution in [0.3, 0.4) is 0 Å². The average molecular weight is 453 g/mol. The Kier molecular flexibility index (Phi) is 6.31. The van der Waals surface area contributed by atoms with Gasteiger partial charge in [-0.2, -0.15) is 0 Å². The van der Waals surface area contributed by atoms with Gasteiger partial charge in [0.1, 0.15) is 5.75 Å². The standard InChI is InChI=1S/C22H24N6O3S/c1-13(32-22-27-26-19(28(22)23)14-7-8-14)20(29)24-16-11-9-15(10-12-16)21(30)25-17-5-3-4-6-18(17)31-2/h3-6,9-14H,7-8,23H2,1-2H3,(H,24,29)(H,25,30). The summed E-state index contributed by atoms with van der Waals surface area (Å²) in [6, 6.07) is 13.8. The van der Waals surface area contributed by atoms with E-state index in [9.17, 15) is 9.59 Å². The van der Waals surface area contributed by atoms with E-state index in [0.717, 1.165) is 18.7 Å². The van der Waals surface area contributed by atoms with E-state index in [1.54, 1.807) is 50.4 Å². The van der Waals surface area contributed by atoms with Crippen LogP contribution in [-0.2, 0) is 4.79 Å². The summed E-state index contributed by atoms with van der Waals surface area (Å²) >= 11 is 1.25. The predicted molar refractivity (Wildman–Crippen MR) is 123 cm³/mol. The fourth-order valence-electron chi connectivity index (χ4n) is 3.09. The smallest absolute Gasteiger partial charge is 0.255 e. The Hall–Kier alpha value is -3.53. The lowest BCUT2D eigenvalue weighted by Gasteiger charge is -2.12. The van der Waals surface area contributed by atoms with Crippen molar-refractivity contribution in [2.24, 2.45) is 0 Å². The van der Waals surface area contributed by atoms with Gasteiger partial charge in [0.05, 0.1) is 18.0 Å². The number of methoxy groups -OCH3 is 1. The van der Waals surface area contributed by atoms with Crippen molar-refractivity contribution in [2.45, 2.75) is 36.1 Å². The number of para-hydroxylation sites is 2. The van der Waals surface area contributed by atoms with E-state index in [1.807, 2.05) is 12.1 Å². The van der Waals surface area contributed by atoms with Crippen molar-refractivity contribution in [3.05, 3.63) is 59.9 Å². The quantitative estimate of drug-likeness (QED) is 0.354. The molecule has 0 saturated heterocycles. The first-order chi connectivity index (χ1) is 15.5. The minimum Gasteiger partial charge on any atom is -0.495 e. The zero-order valence-corrected chi connectivity index (χ0v) is 18.6. The van der Waals surface area contributed by atoms with Crippen LogP contribution >= 0.6 is 11.8 Å². The largest absolute Gasteiger partial charge is 0.495 e. The average Bonchev–Trinajstić information content (AvgIpc) is 3.58. The molecule has 1 aromatic heterocycles. The molecule has 9 nitrogen and oxygen atoms in total. The molecule has 1 aliphatic rings. The number of anilines is 2. The third kappa shape index (κ3) is 4.86. The molecule has 4 N–H and O–H groups in total. The third-order valence-corrected chi connectivity index (χ3v) is 6.11. The molecule has 3 aromatic rings. The van der Waals surface area contributed by atoms with Gasteiger partial charge in [0.25, 0.3) is 5.91 Å². The second-order valence-electron chi connectivity index (χ2n) is 7.47. The number of nitrogens with one attached hydrogen (secondary N) is 2. The van der Waals surface area contributed by atoms with E-state index >= 15 is 0 Å². The molecular weight excluding hydrogens is 428 g/mol. The minimum absolute atomic E-state index is 0.197. The van der Waals surface area contributed by atoms with Crippen LogP contribution in [0.1, 0.15) is 41.9 Å². The molecule has 10 heteroatoms. The van der Waals surface area contributed by atoms with Gasteiger partial charge in [-0.25, -0.2) is 4.68 Å². The van der Waals surface area contributed by atoms with Crippen LogP contribution in [0.15, 0.2) is 53.7 Å². The zero-order chi connectivity index (χ0) is 22.7. The number of benzene rings is 2. The molecule has 0 bridgehead atoms. The number of carbonyl (C=O) groups excluding carboxylic acids is 2. The van der Waals surface area contributed by atoms with Gasteiger partial charge >= 0.3 is 0 Å². The number of rotatable bonds is 8. The highest BCUT2D eigenvalue weighted by Crippen LogP contribution is 2.39. The molecule has 4 rings (SSSR count). The molecule has 0 radical (unpaired) electrons. The Bertz CT molecular complexity index is 1130. The Balaban J connectivity index is 1.34. The molecule has 32 heavy (non-hydrogen) atoms. The maximum absolute atomic E-state index is 12.6. The van der Waals surface area contributed by atoms with E-state index in [-0.39, 0.29) is 11.8 Å². The van der Waals surface area contributed by atoms with Crippen LogP contribution in [0.5, 0.6) is 5.75 Å². The zero-order valence-electron chi connectivity index (χ0n) is 17.7. The summed E-state index contributed by atoms with van der Waals surface area (Å²) in [7, 11) is 1.55. The third-order valence-electron chi connectivity index (χ3n) is 5.05. The van der Waals surface area contributed by atoms with Crippen molar-refractivity contribution in [3.63, 3.8) is 0 Å². The molecule has 1 fully saturated rings. The van der Waals surface area contributed by atoms with Gasteiger partial charge in [0, 0.05) is 17.2 Å². The maximum Gasteiger partial charge on any atom is 0.255 e. The highest BCUT2D eigenvalue weighted by Gasteiger charge is 2.30. The van der Waals surface area contributed by atoms with Crippen molar-refractivity contribution >= 4 is 35.0 Å². The molecule has 0 aliphatic heterocycles. The Morgan fingerprint density at radius 1 is 1.12 bits per heavy atom. The highest BCUT2D eigenvalue weighted by molar-refractivity contribution is 8.00. The van der Waals surface area contributed by atoms with Crippen molar-refractivity contribution < 1.29 is 14.3 Å². The first-order valence-electron chi connectivity index (χ1n) is 10.2. The van der Waals surface area contributed by atoms with Crippen LogP contribution in [0.4, 0.5) is 11.4 Å². The molecule has 1 saturated carbocycles. The lowest BCUT2D eigenvalue weighted by Crippen LogP contribution is -2.24. The second-order valence-corrected chi connectivity index (χ2v) is 8.77. The van der Waals surface area contributed by atoms with E-state index in [1.165, 1.54) is 16.4 Å². The number of thioether (sulfide) groups is 1. The summed E-state index contributed by atoms with van der Waals surface area (Å²) in [6.45, 7) is 1.78. The molecule has 1 heterocycles. The topological polar surface area (TPSA) is 124 Å². The highest BCUT2D eigenvalue weighted by atomic mass is 32.2. The molecular formula is C22H24N6O3S. The van der Waals surface area contributed by atoms with Gasteiger partial charge in [0.15, 0.2) is 5.82 Å². The van der Waals surface area contributed by atoms with Crippen LogP contribution in [0.2, 0.25) is 0 Å². The lowest BCUT2D eigenvalue weighted by molar-refractivity contribution is -0.115. The summed E-state index contributed by atoms with van der Waals surface area (Å²) in [6.07, 6.45) is 2.14. The van der Waals surface area contributed by atoms with Crippen LogP contribution in [0.25, 0.3) is 0 Å². The van der Waals surface area contributed by atoms with Crippen molar-refractivity contribution in [1.29, 1.82) is 0 Å². The number of ether oxygens (including phenoxy) is 1. The van der Waals surface area contributed by atoms with Crippen LogP contribution < -0.4 is 21.2 Å². The summed E-state index contributed by atoms with van der Waals surface area (Å²) in [5, 5.41) is 14.0. The van der Waals surface area contributed by atoms with E-state index in [4.69, 9.17) is 10.6 Å². The Morgan fingerprint density at radius 2 is 1.84 bits per heavy atom. The van der Waals surface area contributed by atoms with E-state index in [0.29, 0.717) is 33.8 Å². The van der Waals surface area contributed by atoms with E-state index < -0.39 is 5.25 Å². The normalized spacial score (nSPS) is 13.9. The number of amides is 2. The van der Waals surface area contributed by atoms with E-state index in [2.05, 4.69) is 20.8 Å². The molecule has 166 valence electrons. The fourth-order valence-corrected chi connectivity index (χ4v) is 3.87. The van der Waals surface area contributed by atoms with Gasteiger partial charge in [-0.15, -0.1) is 10.2 Å². The summed E-state index contributed by atoms with van der Waals surface area (Å²) in [4.78, 5) is 25.1. The van der Waals surface area contributed by atoms with Crippen LogP contribution in [-0.4, -0.2) is 39.0 Å². The number of nitrogens with zero attached hydrogens (tertiary/aromatic N) is 3. The van der Waals surface area contributed by atoms with Crippen molar-refractivity contribution in [3.8, 4) is 5.75 Å². The predicted octanol–water partition coefficient (Wildman–Crippen LogP) is 3.25. The van der Waals surface area contributed by atoms with Crippen molar-refractivity contribution in [1.82, 2.24) is 14.9 Å². The minimum atomic E-state index is -0.429. The number of nitrogen functional groups attached to an aromatic ring is 1. The first-order valence-corrected chi connectivity index (χ1v) is 11.1. The number of hydrogen-bond donors (Lipinski definition) is 3. The fraction of sp³-hybridized carbons (Fsp3) is 0.273. The van der Waals surface area contributed by atoms with Gasteiger partial charge in [-0.3, -0.25) is 9.59 Å². The van der Waals surface area contributed by atoms with Crippen LogP contribution in [0, 0.1) is 0 Å². The molecule has 1 unspecified atom stereocenters. The molecule has 2 amide bonds. The first kappa shape index (κ1) is 21.7. The summed E-state index contributed by atoms with van der Waals surface area (Å²) in [5.74, 6) is 7.31. The molecule has 1 aliphatic carbocycles. The van der Waals surface area contributed by atoms with Gasteiger partial charge in [-0.05, 0) is 56.2 Å². The lowest BCUT2D eigenvalue weighted by atomic mass is 10.2. The number of hydrogen-bond acceptors (Lipinski definition) is 7. The SMILES string of the molecule is COc1ccccc1NC(=O)c1ccc(NC(=O)C(C)Sc2nnc(C3CC3)n2N)cc1. The summed E-state index contributed by atoms with van der Waals surface area (Å²) in [5.41, 5.74) is 1.63. The second kappa shape index (κ2) is 9.31. The number of carbonyl (C=O) groups is 2. The van der Waals surface area contributed by atoms with Gasteiger partial charge in [0.2, 0.25) is 11.1 Å². The Labute approximate surface area is 189 Å². The Morgan fingerprint density at radius 3 is 2.53 bits per heavy atom. The van der Waals surface area contributed by atoms with Gasteiger partial charge in [-0.1, -0.05) is 23.9 Å². The molecule has 2 aromatic carbocycles. The number of nitrogens with two attached hydrogens (primary N) is 1. The summed E-state index contributed by atoms with van der Waals surface area (Å²) < 4.78 is 6.72. The number of aromatic nitrogens is 3. The van der Waals surface area contributed by atoms with Crippen molar-refractivity contribution in [2.75, 3.05) is 23.6 Å². The van der Waals surface area contributed by atoms with Gasteiger partial charge < -0.3 is 21.2 Å². The monoisotopic (exact) mass is 452 g/mol. The maximum atomic E-state index is 12.6.